The summed E-state index contributed by atoms with van der Waals surface area (Å²) in [6.07, 6.45) is 0. The number of benzene rings is 2. The summed E-state index contributed by atoms with van der Waals surface area (Å²) in [5, 5.41) is 14.5. The van der Waals surface area contributed by atoms with Gasteiger partial charge in [-0.25, -0.2) is 4.98 Å². The largest absolute Gasteiger partial charge is 0.479 e. The number of amides is 1. The maximum atomic E-state index is 12.3. The number of hydrogen-bond donors (Lipinski definition) is 1. The lowest BCUT2D eigenvalue weighted by Gasteiger charge is -2.06. The van der Waals surface area contributed by atoms with E-state index in [1.54, 1.807) is 29.6 Å². The van der Waals surface area contributed by atoms with Gasteiger partial charge < -0.3 is 10.1 Å². The van der Waals surface area contributed by atoms with Crippen LogP contribution in [0.5, 0.6) is 5.75 Å². The topological polar surface area (TPSA) is 75.0 Å². The van der Waals surface area contributed by atoms with E-state index in [0.29, 0.717) is 23.0 Å². The van der Waals surface area contributed by atoms with E-state index < -0.39 is 0 Å². The molecule has 1 N–H and O–H groups in total. The van der Waals surface area contributed by atoms with Gasteiger partial charge in [0.1, 0.15) is 22.5 Å². The summed E-state index contributed by atoms with van der Waals surface area (Å²) in [7, 11) is 0. The van der Waals surface area contributed by atoms with Crippen molar-refractivity contribution >= 4 is 28.8 Å². The number of hydrogen-bond acceptors (Lipinski definition) is 5. The normalized spacial score (nSPS) is 10.2. The summed E-state index contributed by atoms with van der Waals surface area (Å²) >= 11 is 7.29. The third-order valence-electron chi connectivity index (χ3n) is 3.48. The average molecular weight is 384 g/mol. The average Bonchev–Trinajstić information content (AvgIpc) is 3.15. The van der Waals surface area contributed by atoms with Gasteiger partial charge in [-0.05, 0) is 29.8 Å². The number of carbonyl (C=O) groups is 1. The van der Waals surface area contributed by atoms with Crippen LogP contribution in [0.25, 0.3) is 10.6 Å². The van der Waals surface area contributed by atoms with E-state index in [0.717, 1.165) is 16.1 Å². The number of nitrogens with zero attached hydrogens (tertiary/aromatic N) is 2. The van der Waals surface area contributed by atoms with Crippen LogP contribution in [0.2, 0.25) is 5.02 Å². The van der Waals surface area contributed by atoms with Crippen LogP contribution < -0.4 is 10.1 Å². The zero-order chi connectivity index (χ0) is 18.4. The third kappa shape index (κ3) is 4.60. The Morgan fingerprint density at radius 3 is 2.85 bits per heavy atom. The molecule has 0 fully saturated rings. The first-order valence-corrected chi connectivity index (χ1v) is 9.00. The molecule has 1 amide bonds. The number of nitriles is 1. The molecule has 1 aromatic heterocycles. The Hall–Kier alpha value is -2.88. The van der Waals surface area contributed by atoms with E-state index in [-0.39, 0.29) is 12.5 Å². The van der Waals surface area contributed by atoms with Crippen LogP contribution in [0, 0.1) is 11.3 Å². The number of thiazole rings is 1. The number of carbonyl (C=O) groups excluding carboxylic acids is 1. The Balaban J connectivity index is 1.62. The van der Waals surface area contributed by atoms with Crippen LogP contribution in [0.15, 0.2) is 53.9 Å². The predicted octanol–water partition coefficient (Wildman–Crippen LogP) is 4.30. The van der Waals surface area contributed by atoms with Crippen LogP contribution in [0.1, 0.15) is 16.1 Å². The van der Waals surface area contributed by atoms with E-state index in [4.69, 9.17) is 21.6 Å². The van der Waals surface area contributed by atoms with Crippen molar-refractivity contribution in [1.82, 2.24) is 10.3 Å². The molecule has 5 nitrogen and oxygen atoms in total. The SMILES string of the molecule is N#CCOc1cccc(CNC(=O)c2csc(-c3ccc(Cl)cc3)n2)c1. The lowest BCUT2D eigenvalue weighted by atomic mass is 10.2. The maximum Gasteiger partial charge on any atom is 0.271 e. The van der Waals surface area contributed by atoms with Crippen molar-refractivity contribution in [3.63, 3.8) is 0 Å². The van der Waals surface area contributed by atoms with Crippen molar-refractivity contribution in [2.75, 3.05) is 6.61 Å². The number of aromatic nitrogens is 1. The highest BCUT2D eigenvalue weighted by atomic mass is 35.5. The summed E-state index contributed by atoms with van der Waals surface area (Å²) in [4.78, 5) is 16.7. The molecule has 2 aromatic carbocycles. The molecule has 26 heavy (non-hydrogen) atoms. The molecule has 7 heteroatoms. The minimum absolute atomic E-state index is 0.0118. The summed E-state index contributed by atoms with van der Waals surface area (Å²) in [6.45, 7) is 0.332. The smallest absolute Gasteiger partial charge is 0.271 e. The van der Waals surface area contributed by atoms with Crippen molar-refractivity contribution in [3.8, 4) is 22.4 Å². The van der Waals surface area contributed by atoms with Crippen molar-refractivity contribution in [2.45, 2.75) is 6.54 Å². The Labute approximate surface area is 159 Å². The van der Waals surface area contributed by atoms with Crippen LogP contribution in [0.4, 0.5) is 0 Å². The van der Waals surface area contributed by atoms with Gasteiger partial charge in [0.2, 0.25) is 0 Å². The highest BCUT2D eigenvalue weighted by Crippen LogP contribution is 2.25. The number of halogens is 1. The molecule has 1 heterocycles. The summed E-state index contributed by atoms with van der Waals surface area (Å²) in [6, 6.07) is 16.5. The number of ether oxygens (including phenoxy) is 1. The molecule has 0 aliphatic rings. The van der Waals surface area contributed by atoms with Gasteiger partial charge in [-0.1, -0.05) is 35.9 Å². The fourth-order valence-electron chi connectivity index (χ4n) is 2.24. The zero-order valence-electron chi connectivity index (χ0n) is 13.6. The molecule has 0 atom stereocenters. The van der Waals surface area contributed by atoms with E-state index in [1.165, 1.54) is 11.3 Å². The minimum atomic E-state index is -0.246. The molecule has 0 aliphatic carbocycles. The van der Waals surface area contributed by atoms with Crippen LogP contribution in [-0.2, 0) is 6.54 Å². The molecular formula is C19H14ClN3O2S. The Bertz CT molecular complexity index is 948. The van der Waals surface area contributed by atoms with Gasteiger partial charge in [-0.2, -0.15) is 5.26 Å². The van der Waals surface area contributed by atoms with E-state index in [9.17, 15) is 4.79 Å². The van der Waals surface area contributed by atoms with Gasteiger partial charge in [-0.15, -0.1) is 11.3 Å². The van der Waals surface area contributed by atoms with Gasteiger partial charge in [-0.3, -0.25) is 4.79 Å². The summed E-state index contributed by atoms with van der Waals surface area (Å²) in [5.41, 5.74) is 2.17. The molecule has 0 saturated carbocycles. The predicted molar refractivity (Wildman–Crippen MR) is 101 cm³/mol. The van der Waals surface area contributed by atoms with E-state index in [1.807, 2.05) is 30.3 Å². The lowest BCUT2D eigenvalue weighted by molar-refractivity contribution is 0.0946. The van der Waals surface area contributed by atoms with E-state index >= 15 is 0 Å². The highest BCUT2D eigenvalue weighted by molar-refractivity contribution is 7.13. The summed E-state index contributed by atoms with van der Waals surface area (Å²) < 4.78 is 5.25. The van der Waals surface area contributed by atoms with E-state index in [2.05, 4.69) is 10.3 Å². The molecule has 3 rings (SSSR count). The Kier molecular flexibility index (Phi) is 5.84. The second-order valence-corrected chi connectivity index (χ2v) is 6.62. The van der Waals surface area contributed by atoms with Crippen molar-refractivity contribution in [2.24, 2.45) is 0 Å². The molecule has 0 aliphatic heterocycles. The molecule has 3 aromatic rings. The van der Waals surface area contributed by atoms with Gasteiger partial charge >= 0.3 is 0 Å². The summed E-state index contributed by atoms with van der Waals surface area (Å²) in [5.74, 6) is 0.349. The molecule has 0 unspecified atom stereocenters. The Morgan fingerprint density at radius 2 is 2.08 bits per heavy atom. The number of nitrogens with one attached hydrogen (secondary N) is 1. The van der Waals surface area contributed by atoms with Crippen molar-refractivity contribution in [1.29, 1.82) is 5.26 Å². The number of rotatable bonds is 6. The fraction of sp³-hybridized carbons (Fsp3) is 0.105. The molecule has 130 valence electrons. The van der Waals surface area contributed by atoms with Crippen LogP contribution in [-0.4, -0.2) is 17.5 Å². The standard InChI is InChI=1S/C19H14ClN3O2S/c20-15-6-4-14(5-7-15)19-23-17(12-26-19)18(24)22-11-13-2-1-3-16(10-13)25-9-8-21/h1-7,10,12H,9,11H2,(H,22,24). The maximum absolute atomic E-state index is 12.3. The second kappa shape index (κ2) is 8.48. The first kappa shape index (κ1) is 17.9. The first-order valence-electron chi connectivity index (χ1n) is 7.74. The lowest BCUT2D eigenvalue weighted by Crippen LogP contribution is -2.23. The van der Waals surface area contributed by atoms with Gasteiger partial charge in [0.15, 0.2) is 6.61 Å². The third-order valence-corrected chi connectivity index (χ3v) is 4.63. The van der Waals surface area contributed by atoms with Gasteiger partial charge in [0.05, 0.1) is 0 Å². The monoisotopic (exact) mass is 383 g/mol. The molecule has 0 radical (unpaired) electrons. The van der Waals surface area contributed by atoms with Gasteiger partial charge in [0, 0.05) is 22.5 Å². The molecular weight excluding hydrogens is 370 g/mol. The van der Waals surface area contributed by atoms with Gasteiger partial charge in [0.25, 0.3) is 5.91 Å². The molecule has 0 spiro atoms. The van der Waals surface area contributed by atoms with Crippen molar-refractivity contribution < 1.29 is 9.53 Å². The van der Waals surface area contributed by atoms with Crippen molar-refractivity contribution in [3.05, 3.63) is 70.2 Å². The second-order valence-electron chi connectivity index (χ2n) is 5.32. The zero-order valence-corrected chi connectivity index (χ0v) is 15.2. The minimum Gasteiger partial charge on any atom is -0.479 e. The van der Waals surface area contributed by atoms with Crippen LogP contribution >= 0.6 is 22.9 Å². The Morgan fingerprint density at radius 1 is 1.27 bits per heavy atom. The highest BCUT2D eigenvalue weighted by Gasteiger charge is 2.12. The van der Waals surface area contributed by atoms with Crippen LogP contribution in [0.3, 0.4) is 0 Å². The molecule has 0 bridgehead atoms. The first-order chi connectivity index (χ1) is 12.7. The molecule has 0 saturated heterocycles. The quantitative estimate of drug-likeness (QED) is 0.688. The fourth-order valence-corrected chi connectivity index (χ4v) is 3.17.